The quantitative estimate of drug-likeness (QED) is 0.786. The molecule has 3 aromatic rings. The second-order valence-electron chi connectivity index (χ2n) is 4.29. The summed E-state index contributed by atoms with van der Waals surface area (Å²) < 4.78 is 5.51. The van der Waals surface area contributed by atoms with Gasteiger partial charge in [-0.25, -0.2) is 4.98 Å². The van der Waals surface area contributed by atoms with Crippen molar-refractivity contribution >= 4 is 11.3 Å². The third kappa shape index (κ3) is 2.20. The van der Waals surface area contributed by atoms with Crippen molar-refractivity contribution in [2.75, 3.05) is 0 Å². The van der Waals surface area contributed by atoms with Crippen LogP contribution in [0.5, 0.6) is 0 Å². The molecule has 0 atom stereocenters. The Labute approximate surface area is 115 Å². The molecular formula is C15H14N2OS. The fraction of sp³-hybridized carbons (Fsp3) is 0.133. The lowest BCUT2D eigenvalue weighted by molar-refractivity contribution is 0.580. The minimum absolute atomic E-state index is 0.488. The van der Waals surface area contributed by atoms with Crippen LogP contribution >= 0.6 is 11.3 Å². The number of rotatable bonds is 3. The van der Waals surface area contributed by atoms with Gasteiger partial charge < -0.3 is 10.2 Å². The zero-order chi connectivity index (χ0) is 13.2. The lowest BCUT2D eigenvalue weighted by Gasteiger charge is -1.98. The van der Waals surface area contributed by atoms with Crippen LogP contribution in [0.1, 0.15) is 10.4 Å². The second kappa shape index (κ2) is 4.99. The minimum atomic E-state index is 0.488. The highest BCUT2D eigenvalue weighted by molar-refractivity contribution is 7.15. The molecule has 0 radical (unpaired) electrons. The number of nitrogens with two attached hydrogens (primary N) is 1. The average molecular weight is 270 g/mol. The fourth-order valence-corrected chi connectivity index (χ4v) is 3.02. The molecule has 0 aliphatic heterocycles. The summed E-state index contributed by atoms with van der Waals surface area (Å²) in [5.41, 5.74) is 8.98. The molecule has 2 heterocycles. The maximum atomic E-state index is 5.83. The van der Waals surface area contributed by atoms with E-state index >= 15 is 0 Å². The highest BCUT2D eigenvalue weighted by Gasteiger charge is 2.16. The lowest BCUT2D eigenvalue weighted by atomic mass is 10.1. The van der Waals surface area contributed by atoms with Crippen molar-refractivity contribution in [3.05, 3.63) is 53.1 Å². The highest BCUT2D eigenvalue weighted by Crippen LogP contribution is 2.35. The topological polar surface area (TPSA) is 52.0 Å². The van der Waals surface area contributed by atoms with Crippen LogP contribution in [-0.4, -0.2) is 4.98 Å². The summed E-state index contributed by atoms with van der Waals surface area (Å²) in [4.78, 5) is 5.78. The van der Waals surface area contributed by atoms with Gasteiger partial charge in [-0.05, 0) is 18.6 Å². The first-order valence-corrected chi connectivity index (χ1v) is 6.91. The fourth-order valence-electron chi connectivity index (χ4n) is 2.00. The number of hydrogen-bond acceptors (Lipinski definition) is 4. The van der Waals surface area contributed by atoms with E-state index in [9.17, 15) is 0 Å². The van der Waals surface area contributed by atoms with Gasteiger partial charge in [-0.15, -0.1) is 11.3 Å². The number of aromatic nitrogens is 1. The van der Waals surface area contributed by atoms with Gasteiger partial charge in [0.1, 0.15) is 0 Å². The van der Waals surface area contributed by atoms with Crippen LogP contribution in [0.25, 0.3) is 22.0 Å². The molecule has 1 aromatic carbocycles. The molecule has 19 heavy (non-hydrogen) atoms. The van der Waals surface area contributed by atoms with E-state index in [1.807, 2.05) is 43.3 Å². The first-order valence-electron chi connectivity index (χ1n) is 6.09. The Morgan fingerprint density at radius 1 is 1.21 bits per heavy atom. The molecule has 0 bridgehead atoms. The average Bonchev–Trinajstić information content (AvgIpc) is 3.05. The smallest absolute Gasteiger partial charge is 0.165 e. The summed E-state index contributed by atoms with van der Waals surface area (Å²) in [7, 11) is 0. The van der Waals surface area contributed by atoms with Crippen LogP contribution in [0, 0.1) is 6.92 Å². The van der Waals surface area contributed by atoms with Gasteiger partial charge in [0.25, 0.3) is 0 Å². The van der Waals surface area contributed by atoms with Gasteiger partial charge in [0, 0.05) is 17.0 Å². The largest absolute Gasteiger partial charge is 0.462 e. The summed E-state index contributed by atoms with van der Waals surface area (Å²) in [5, 5.41) is 0.891. The molecular weight excluding hydrogens is 256 g/mol. The van der Waals surface area contributed by atoms with Crippen LogP contribution in [0.3, 0.4) is 0 Å². The molecule has 3 rings (SSSR count). The summed E-state index contributed by atoms with van der Waals surface area (Å²) in [6, 6.07) is 12.1. The van der Waals surface area contributed by atoms with E-state index in [1.54, 1.807) is 17.6 Å². The summed E-state index contributed by atoms with van der Waals surface area (Å²) in [6.07, 6.45) is 1.69. The van der Waals surface area contributed by atoms with Crippen molar-refractivity contribution in [2.24, 2.45) is 5.73 Å². The Balaban J connectivity index is 2.12. The van der Waals surface area contributed by atoms with E-state index in [2.05, 4.69) is 0 Å². The predicted octanol–water partition coefficient (Wildman–Crippen LogP) is 3.84. The number of thiazole rings is 1. The van der Waals surface area contributed by atoms with E-state index < -0.39 is 0 Å². The molecule has 3 nitrogen and oxygen atoms in total. The van der Waals surface area contributed by atoms with Crippen molar-refractivity contribution in [1.29, 1.82) is 0 Å². The Bertz CT molecular complexity index is 685. The van der Waals surface area contributed by atoms with E-state index in [1.165, 1.54) is 0 Å². The highest BCUT2D eigenvalue weighted by atomic mass is 32.1. The van der Waals surface area contributed by atoms with Gasteiger partial charge in [-0.2, -0.15) is 0 Å². The third-order valence-electron chi connectivity index (χ3n) is 2.99. The van der Waals surface area contributed by atoms with Gasteiger partial charge in [-0.3, -0.25) is 0 Å². The van der Waals surface area contributed by atoms with Crippen molar-refractivity contribution < 1.29 is 4.42 Å². The van der Waals surface area contributed by atoms with Crippen molar-refractivity contribution in [2.45, 2.75) is 13.5 Å². The third-order valence-corrected chi connectivity index (χ3v) is 4.06. The summed E-state index contributed by atoms with van der Waals surface area (Å²) >= 11 is 1.60. The SMILES string of the molecule is Cc1ccoc1-c1nc(-c2ccccc2)c(CN)s1. The molecule has 0 unspecified atom stereocenters. The van der Waals surface area contributed by atoms with E-state index in [0.29, 0.717) is 6.54 Å². The first-order chi connectivity index (χ1) is 9.29. The molecule has 2 aromatic heterocycles. The van der Waals surface area contributed by atoms with E-state index in [-0.39, 0.29) is 0 Å². The number of hydrogen-bond donors (Lipinski definition) is 1. The number of nitrogens with zero attached hydrogens (tertiary/aromatic N) is 1. The molecule has 2 N–H and O–H groups in total. The normalized spacial score (nSPS) is 10.8. The van der Waals surface area contributed by atoms with Gasteiger partial charge >= 0.3 is 0 Å². The first kappa shape index (κ1) is 12.1. The van der Waals surface area contributed by atoms with Crippen molar-refractivity contribution in [3.63, 3.8) is 0 Å². The van der Waals surface area contributed by atoms with Crippen LogP contribution in [-0.2, 0) is 6.54 Å². The standard InChI is InChI=1S/C15H14N2OS/c1-10-7-8-18-14(10)15-17-13(12(9-16)19-15)11-5-3-2-4-6-11/h2-8H,9,16H2,1H3. The van der Waals surface area contributed by atoms with Crippen LogP contribution < -0.4 is 5.73 Å². The summed E-state index contributed by atoms with van der Waals surface area (Å²) in [6.45, 7) is 2.51. The molecule has 0 aliphatic carbocycles. The van der Waals surface area contributed by atoms with Gasteiger partial charge in [0.2, 0.25) is 0 Å². The van der Waals surface area contributed by atoms with Crippen molar-refractivity contribution in [3.8, 4) is 22.0 Å². The number of furan rings is 1. The Morgan fingerprint density at radius 2 is 2.00 bits per heavy atom. The molecule has 0 fully saturated rings. The number of benzene rings is 1. The maximum absolute atomic E-state index is 5.83. The van der Waals surface area contributed by atoms with E-state index in [4.69, 9.17) is 15.1 Å². The van der Waals surface area contributed by atoms with Crippen LogP contribution in [0.15, 0.2) is 47.1 Å². The molecule has 0 amide bonds. The van der Waals surface area contributed by atoms with Crippen LogP contribution in [0.4, 0.5) is 0 Å². The molecule has 96 valence electrons. The predicted molar refractivity (Wildman–Crippen MR) is 77.9 cm³/mol. The minimum Gasteiger partial charge on any atom is -0.462 e. The molecule has 4 heteroatoms. The van der Waals surface area contributed by atoms with Gasteiger partial charge in [-0.1, -0.05) is 30.3 Å². The second-order valence-corrected chi connectivity index (χ2v) is 5.38. The summed E-state index contributed by atoms with van der Waals surface area (Å²) in [5.74, 6) is 0.835. The maximum Gasteiger partial charge on any atom is 0.165 e. The molecule has 0 saturated heterocycles. The molecule has 0 spiro atoms. The van der Waals surface area contributed by atoms with Crippen molar-refractivity contribution in [1.82, 2.24) is 4.98 Å². The number of aryl methyl sites for hydroxylation is 1. The van der Waals surface area contributed by atoms with Gasteiger partial charge in [0.15, 0.2) is 10.8 Å². The lowest BCUT2D eigenvalue weighted by Crippen LogP contribution is -1.95. The molecule has 0 aliphatic rings. The Morgan fingerprint density at radius 3 is 2.63 bits per heavy atom. The zero-order valence-electron chi connectivity index (χ0n) is 10.6. The van der Waals surface area contributed by atoms with Crippen LogP contribution in [0.2, 0.25) is 0 Å². The van der Waals surface area contributed by atoms with E-state index in [0.717, 1.165) is 32.5 Å². The monoisotopic (exact) mass is 270 g/mol. The molecule has 0 saturated carbocycles. The van der Waals surface area contributed by atoms with Gasteiger partial charge in [0.05, 0.1) is 12.0 Å². The Hall–Kier alpha value is -1.91. The zero-order valence-corrected chi connectivity index (χ0v) is 11.4. The Kier molecular flexibility index (Phi) is 3.19.